The highest BCUT2D eigenvalue weighted by atomic mass is 35.5. The Bertz CT molecular complexity index is 719. The van der Waals surface area contributed by atoms with Crippen molar-refractivity contribution in [2.45, 2.75) is 25.8 Å². The quantitative estimate of drug-likeness (QED) is 0.684. The Morgan fingerprint density at radius 3 is 2.70 bits per heavy atom. The zero-order valence-corrected chi connectivity index (χ0v) is 12.1. The summed E-state index contributed by atoms with van der Waals surface area (Å²) in [6.07, 6.45) is 4.61. The van der Waals surface area contributed by atoms with Crippen LogP contribution in [0, 0.1) is 6.92 Å². The van der Waals surface area contributed by atoms with Gasteiger partial charge in [-0.25, -0.2) is 4.98 Å². The Kier molecular flexibility index (Phi) is 3.70. The molecule has 0 N–H and O–H groups in total. The van der Waals surface area contributed by atoms with Gasteiger partial charge in [-0.3, -0.25) is 4.98 Å². The Morgan fingerprint density at radius 1 is 1.15 bits per heavy atom. The molecule has 4 heteroatoms. The van der Waals surface area contributed by atoms with Crippen LogP contribution in [-0.4, -0.2) is 14.5 Å². The third-order valence-corrected chi connectivity index (χ3v) is 3.78. The van der Waals surface area contributed by atoms with Crippen molar-refractivity contribution in [3.05, 3.63) is 59.7 Å². The fourth-order valence-corrected chi connectivity index (χ4v) is 2.75. The van der Waals surface area contributed by atoms with E-state index in [9.17, 15) is 0 Å². The van der Waals surface area contributed by atoms with Crippen LogP contribution >= 0.6 is 11.6 Å². The Hall–Kier alpha value is -1.87. The molecule has 1 aromatic carbocycles. The standard InChI is InChI=1S/C16H16ClN3/c1-12-3-2-4-14-16(12)20(15(11-17)19-14)10-7-13-5-8-18-9-6-13/h2-6,8-9H,7,10-11H2,1H3. The molecule has 3 aromatic rings. The second-order valence-corrected chi connectivity index (χ2v) is 5.13. The molecule has 0 unspecified atom stereocenters. The molecule has 0 spiro atoms. The number of nitrogens with zero attached hydrogens (tertiary/aromatic N) is 3. The molecule has 3 nitrogen and oxygen atoms in total. The molecule has 2 heterocycles. The second kappa shape index (κ2) is 5.63. The first-order valence-corrected chi connectivity index (χ1v) is 7.22. The summed E-state index contributed by atoms with van der Waals surface area (Å²) in [7, 11) is 0. The molecule has 102 valence electrons. The minimum Gasteiger partial charge on any atom is -0.326 e. The molecule has 3 rings (SSSR count). The Labute approximate surface area is 123 Å². The first-order chi connectivity index (χ1) is 9.79. The summed E-state index contributed by atoms with van der Waals surface area (Å²) in [6, 6.07) is 10.3. The first-order valence-electron chi connectivity index (χ1n) is 6.69. The van der Waals surface area contributed by atoms with E-state index in [0.29, 0.717) is 5.88 Å². The number of aromatic nitrogens is 3. The Balaban J connectivity index is 1.97. The maximum atomic E-state index is 6.04. The van der Waals surface area contributed by atoms with Crippen LogP contribution in [0.3, 0.4) is 0 Å². The summed E-state index contributed by atoms with van der Waals surface area (Å²) in [4.78, 5) is 8.67. The van der Waals surface area contributed by atoms with Crippen LogP contribution in [0.1, 0.15) is 17.0 Å². The Morgan fingerprint density at radius 2 is 1.95 bits per heavy atom. The van der Waals surface area contributed by atoms with Crippen molar-refractivity contribution < 1.29 is 0 Å². The van der Waals surface area contributed by atoms with Crippen LogP contribution < -0.4 is 0 Å². The van der Waals surface area contributed by atoms with E-state index in [4.69, 9.17) is 11.6 Å². The van der Waals surface area contributed by atoms with E-state index in [1.165, 1.54) is 16.6 Å². The molecule has 0 radical (unpaired) electrons. The summed E-state index contributed by atoms with van der Waals surface area (Å²) >= 11 is 6.04. The number of rotatable bonds is 4. The van der Waals surface area contributed by atoms with Gasteiger partial charge in [0.15, 0.2) is 0 Å². The highest BCUT2D eigenvalue weighted by molar-refractivity contribution is 6.16. The van der Waals surface area contributed by atoms with E-state index in [1.807, 2.05) is 36.7 Å². The fourth-order valence-electron chi connectivity index (χ4n) is 2.55. The molecule has 0 saturated carbocycles. The molecule has 0 aliphatic rings. The van der Waals surface area contributed by atoms with Crippen molar-refractivity contribution >= 4 is 22.6 Å². The van der Waals surface area contributed by atoms with Gasteiger partial charge in [-0.05, 0) is 42.7 Å². The van der Waals surface area contributed by atoms with Gasteiger partial charge in [0.2, 0.25) is 0 Å². The second-order valence-electron chi connectivity index (χ2n) is 4.86. The molecule has 0 atom stereocenters. The van der Waals surface area contributed by atoms with E-state index in [2.05, 4.69) is 27.5 Å². The summed E-state index contributed by atoms with van der Waals surface area (Å²) in [6.45, 7) is 3.00. The zero-order chi connectivity index (χ0) is 13.9. The molecular weight excluding hydrogens is 270 g/mol. The van der Waals surface area contributed by atoms with Gasteiger partial charge in [-0.2, -0.15) is 0 Å². The molecule has 0 aliphatic carbocycles. The van der Waals surface area contributed by atoms with Crippen molar-refractivity contribution in [2.24, 2.45) is 0 Å². The van der Waals surface area contributed by atoms with Gasteiger partial charge in [-0.15, -0.1) is 11.6 Å². The van der Waals surface area contributed by atoms with Crippen LogP contribution in [-0.2, 0) is 18.8 Å². The van der Waals surface area contributed by atoms with Gasteiger partial charge in [0.05, 0.1) is 16.9 Å². The highest BCUT2D eigenvalue weighted by Gasteiger charge is 2.11. The van der Waals surface area contributed by atoms with Crippen molar-refractivity contribution in [2.75, 3.05) is 0 Å². The predicted molar refractivity (Wildman–Crippen MR) is 82.0 cm³/mol. The number of halogens is 1. The van der Waals surface area contributed by atoms with Crippen LogP contribution in [0.25, 0.3) is 11.0 Å². The maximum absolute atomic E-state index is 6.04. The molecule has 0 saturated heterocycles. The number of imidazole rings is 1. The van der Waals surface area contributed by atoms with Gasteiger partial charge in [-0.1, -0.05) is 12.1 Å². The minimum atomic E-state index is 0.435. The average Bonchev–Trinajstić information content (AvgIpc) is 2.85. The van der Waals surface area contributed by atoms with Crippen molar-refractivity contribution in [3.63, 3.8) is 0 Å². The molecule has 0 bridgehead atoms. The topological polar surface area (TPSA) is 30.7 Å². The molecular formula is C16H16ClN3. The van der Waals surface area contributed by atoms with E-state index in [-0.39, 0.29) is 0 Å². The smallest absolute Gasteiger partial charge is 0.124 e. The van der Waals surface area contributed by atoms with Gasteiger partial charge in [0.1, 0.15) is 5.82 Å². The van der Waals surface area contributed by atoms with E-state index < -0.39 is 0 Å². The number of pyridine rings is 1. The van der Waals surface area contributed by atoms with Crippen LogP contribution in [0.15, 0.2) is 42.7 Å². The maximum Gasteiger partial charge on any atom is 0.124 e. The lowest BCUT2D eigenvalue weighted by atomic mass is 10.2. The van der Waals surface area contributed by atoms with Crippen LogP contribution in [0.5, 0.6) is 0 Å². The number of aryl methyl sites for hydroxylation is 3. The number of para-hydroxylation sites is 1. The van der Waals surface area contributed by atoms with Gasteiger partial charge in [0.25, 0.3) is 0 Å². The van der Waals surface area contributed by atoms with E-state index >= 15 is 0 Å². The number of hydrogen-bond acceptors (Lipinski definition) is 2. The summed E-state index contributed by atoms with van der Waals surface area (Å²) in [5, 5.41) is 0. The lowest BCUT2D eigenvalue weighted by molar-refractivity contribution is 0.686. The largest absolute Gasteiger partial charge is 0.326 e. The SMILES string of the molecule is Cc1cccc2nc(CCl)n(CCc3ccncc3)c12. The number of benzene rings is 1. The zero-order valence-electron chi connectivity index (χ0n) is 11.4. The number of fused-ring (bicyclic) bond motifs is 1. The van der Waals surface area contributed by atoms with Crippen LogP contribution in [0.4, 0.5) is 0 Å². The average molecular weight is 286 g/mol. The normalized spacial score (nSPS) is 11.1. The van der Waals surface area contributed by atoms with Gasteiger partial charge < -0.3 is 4.57 Å². The monoisotopic (exact) mass is 285 g/mol. The van der Waals surface area contributed by atoms with Crippen LogP contribution in [0.2, 0.25) is 0 Å². The summed E-state index contributed by atoms with van der Waals surface area (Å²) < 4.78 is 2.23. The molecule has 0 fully saturated rings. The molecule has 2 aromatic heterocycles. The van der Waals surface area contributed by atoms with Gasteiger partial charge >= 0.3 is 0 Å². The lowest BCUT2D eigenvalue weighted by Gasteiger charge is -2.09. The van der Waals surface area contributed by atoms with Gasteiger partial charge in [0, 0.05) is 18.9 Å². The van der Waals surface area contributed by atoms with E-state index in [0.717, 1.165) is 24.3 Å². The number of alkyl halides is 1. The summed E-state index contributed by atoms with van der Waals surface area (Å²) in [5.41, 5.74) is 4.73. The molecule has 20 heavy (non-hydrogen) atoms. The third-order valence-electron chi connectivity index (χ3n) is 3.54. The van der Waals surface area contributed by atoms with Crippen molar-refractivity contribution in [1.29, 1.82) is 0 Å². The van der Waals surface area contributed by atoms with Crippen molar-refractivity contribution in [1.82, 2.24) is 14.5 Å². The highest BCUT2D eigenvalue weighted by Crippen LogP contribution is 2.21. The first kappa shape index (κ1) is 13.1. The summed E-state index contributed by atoms with van der Waals surface area (Å²) in [5.74, 6) is 1.37. The molecule has 0 amide bonds. The fraction of sp³-hybridized carbons (Fsp3) is 0.250. The third kappa shape index (κ3) is 2.41. The predicted octanol–water partition coefficient (Wildman–Crippen LogP) is 3.72. The molecule has 0 aliphatic heterocycles. The number of hydrogen-bond donors (Lipinski definition) is 0. The van der Waals surface area contributed by atoms with Crippen molar-refractivity contribution in [3.8, 4) is 0 Å². The van der Waals surface area contributed by atoms with E-state index in [1.54, 1.807) is 0 Å². The minimum absolute atomic E-state index is 0.435. The lowest BCUT2D eigenvalue weighted by Crippen LogP contribution is -2.06.